The molecule has 1 rings (SSSR count). The lowest BCUT2D eigenvalue weighted by Crippen LogP contribution is -2.34. The van der Waals surface area contributed by atoms with Crippen LogP contribution in [-0.2, 0) is 13.1 Å². The van der Waals surface area contributed by atoms with Gasteiger partial charge in [-0.2, -0.15) is 13.2 Å². The summed E-state index contributed by atoms with van der Waals surface area (Å²) < 4.78 is 42.8. The lowest BCUT2D eigenvalue weighted by Gasteiger charge is -2.21. The van der Waals surface area contributed by atoms with Crippen LogP contribution in [0, 0.1) is 0 Å². The molecule has 3 nitrogen and oxygen atoms in total. The monoisotopic (exact) mass is 278 g/mol. The Morgan fingerprint density at radius 3 is 2.47 bits per heavy atom. The summed E-state index contributed by atoms with van der Waals surface area (Å²) in [6.07, 6.45) is -3.49. The SMILES string of the molecule is CCCN(Cc1ccc(CNCC)o1)CC(F)(F)F. The van der Waals surface area contributed by atoms with Crippen LogP contribution in [-0.4, -0.2) is 30.7 Å². The Morgan fingerprint density at radius 2 is 1.89 bits per heavy atom. The molecule has 1 aromatic heterocycles. The van der Waals surface area contributed by atoms with Gasteiger partial charge >= 0.3 is 6.18 Å². The van der Waals surface area contributed by atoms with E-state index in [0.717, 1.165) is 12.3 Å². The second kappa shape index (κ2) is 7.55. The second-order valence-electron chi connectivity index (χ2n) is 4.47. The summed E-state index contributed by atoms with van der Waals surface area (Å²) in [6.45, 7) is 4.97. The minimum absolute atomic E-state index is 0.194. The molecule has 110 valence electrons. The van der Waals surface area contributed by atoms with Gasteiger partial charge in [-0.1, -0.05) is 13.8 Å². The fourth-order valence-electron chi connectivity index (χ4n) is 1.85. The van der Waals surface area contributed by atoms with E-state index in [0.29, 0.717) is 25.3 Å². The molecule has 0 saturated heterocycles. The van der Waals surface area contributed by atoms with Crippen molar-refractivity contribution in [1.29, 1.82) is 0 Å². The fourth-order valence-corrected chi connectivity index (χ4v) is 1.85. The van der Waals surface area contributed by atoms with Crippen molar-refractivity contribution < 1.29 is 17.6 Å². The normalized spacial score (nSPS) is 12.3. The summed E-state index contributed by atoms with van der Waals surface area (Å²) in [6, 6.07) is 3.54. The molecule has 0 fully saturated rings. The van der Waals surface area contributed by atoms with Crippen molar-refractivity contribution >= 4 is 0 Å². The molecule has 1 heterocycles. The highest BCUT2D eigenvalue weighted by Crippen LogP contribution is 2.19. The summed E-state index contributed by atoms with van der Waals surface area (Å²) in [7, 11) is 0. The molecule has 0 amide bonds. The molecular formula is C13H21F3N2O. The van der Waals surface area contributed by atoms with Crippen molar-refractivity contribution in [3.8, 4) is 0 Å². The van der Waals surface area contributed by atoms with Crippen molar-refractivity contribution in [3.05, 3.63) is 23.7 Å². The van der Waals surface area contributed by atoms with Gasteiger partial charge in [0.1, 0.15) is 11.5 Å². The van der Waals surface area contributed by atoms with E-state index < -0.39 is 12.7 Å². The van der Waals surface area contributed by atoms with Crippen LogP contribution >= 0.6 is 0 Å². The molecule has 19 heavy (non-hydrogen) atoms. The molecule has 6 heteroatoms. The van der Waals surface area contributed by atoms with Crippen LogP contribution in [0.4, 0.5) is 13.2 Å². The highest BCUT2D eigenvalue weighted by atomic mass is 19.4. The summed E-state index contributed by atoms with van der Waals surface area (Å²) in [5, 5.41) is 3.11. The van der Waals surface area contributed by atoms with E-state index in [2.05, 4.69) is 5.32 Å². The Hall–Kier alpha value is -1.01. The van der Waals surface area contributed by atoms with Gasteiger partial charge in [-0.05, 0) is 31.6 Å². The molecule has 0 spiro atoms. The molecule has 0 bridgehead atoms. The first-order valence-corrected chi connectivity index (χ1v) is 6.52. The molecule has 0 aliphatic rings. The first kappa shape index (κ1) is 16.0. The Balaban J connectivity index is 2.55. The number of rotatable bonds is 8. The van der Waals surface area contributed by atoms with Crippen molar-refractivity contribution in [3.63, 3.8) is 0 Å². The largest absolute Gasteiger partial charge is 0.463 e. The third kappa shape index (κ3) is 6.63. The van der Waals surface area contributed by atoms with Crippen molar-refractivity contribution in [1.82, 2.24) is 10.2 Å². The zero-order chi connectivity index (χ0) is 14.3. The Morgan fingerprint density at radius 1 is 1.21 bits per heavy atom. The molecule has 0 aliphatic carbocycles. The van der Waals surface area contributed by atoms with Gasteiger partial charge in [-0.15, -0.1) is 0 Å². The van der Waals surface area contributed by atoms with E-state index in [-0.39, 0.29) is 6.54 Å². The number of nitrogens with zero attached hydrogens (tertiary/aromatic N) is 1. The van der Waals surface area contributed by atoms with Gasteiger partial charge in [-0.25, -0.2) is 0 Å². The first-order valence-electron chi connectivity index (χ1n) is 6.52. The van der Waals surface area contributed by atoms with E-state index in [9.17, 15) is 13.2 Å². The maximum Gasteiger partial charge on any atom is 0.401 e. The zero-order valence-corrected chi connectivity index (χ0v) is 11.4. The topological polar surface area (TPSA) is 28.4 Å². The second-order valence-corrected chi connectivity index (χ2v) is 4.47. The summed E-state index contributed by atoms with van der Waals surface area (Å²) in [4.78, 5) is 1.36. The van der Waals surface area contributed by atoms with Gasteiger partial charge in [0.15, 0.2) is 0 Å². The van der Waals surface area contributed by atoms with Crippen LogP contribution in [0.3, 0.4) is 0 Å². The van der Waals surface area contributed by atoms with E-state index in [1.165, 1.54) is 4.90 Å². The molecule has 1 N–H and O–H groups in total. The average molecular weight is 278 g/mol. The predicted octanol–water partition coefficient (Wildman–Crippen LogP) is 3.16. The van der Waals surface area contributed by atoms with Crippen LogP contribution < -0.4 is 5.32 Å². The van der Waals surface area contributed by atoms with Gasteiger partial charge in [0.25, 0.3) is 0 Å². The lowest BCUT2D eigenvalue weighted by molar-refractivity contribution is -0.147. The van der Waals surface area contributed by atoms with E-state index in [1.807, 2.05) is 13.8 Å². The Bertz CT molecular complexity index is 363. The standard InChI is InChI=1S/C13H21F3N2O/c1-3-7-18(10-13(14,15)16)9-12-6-5-11(19-12)8-17-4-2/h5-6,17H,3-4,7-10H2,1-2H3. The zero-order valence-electron chi connectivity index (χ0n) is 11.4. The summed E-state index contributed by atoms with van der Waals surface area (Å²) in [5.41, 5.74) is 0. The average Bonchev–Trinajstić information content (AvgIpc) is 2.72. The van der Waals surface area contributed by atoms with Crippen LogP contribution in [0.1, 0.15) is 31.8 Å². The van der Waals surface area contributed by atoms with Gasteiger partial charge in [-0.3, -0.25) is 4.90 Å². The fraction of sp³-hybridized carbons (Fsp3) is 0.692. The molecule has 0 radical (unpaired) electrons. The summed E-state index contributed by atoms with van der Waals surface area (Å²) >= 11 is 0. The highest BCUT2D eigenvalue weighted by molar-refractivity contribution is 5.07. The first-order chi connectivity index (χ1) is 8.94. The van der Waals surface area contributed by atoms with Crippen molar-refractivity contribution in [2.24, 2.45) is 0 Å². The minimum Gasteiger partial charge on any atom is -0.463 e. The van der Waals surface area contributed by atoms with Crippen LogP contribution in [0.15, 0.2) is 16.5 Å². The molecule has 1 aromatic rings. The molecule has 0 saturated carbocycles. The third-order valence-corrected chi connectivity index (χ3v) is 2.59. The van der Waals surface area contributed by atoms with Crippen LogP contribution in [0.2, 0.25) is 0 Å². The van der Waals surface area contributed by atoms with E-state index in [4.69, 9.17) is 4.42 Å². The Labute approximate surface area is 111 Å². The van der Waals surface area contributed by atoms with Gasteiger partial charge < -0.3 is 9.73 Å². The van der Waals surface area contributed by atoms with Gasteiger partial charge in [0.2, 0.25) is 0 Å². The Kier molecular flexibility index (Phi) is 6.37. The number of hydrogen-bond donors (Lipinski definition) is 1. The number of furan rings is 1. The van der Waals surface area contributed by atoms with Crippen LogP contribution in [0.5, 0.6) is 0 Å². The maximum atomic E-state index is 12.4. The quantitative estimate of drug-likeness (QED) is 0.791. The van der Waals surface area contributed by atoms with Crippen molar-refractivity contribution in [2.75, 3.05) is 19.6 Å². The maximum absolute atomic E-state index is 12.4. The lowest BCUT2D eigenvalue weighted by atomic mass is 10.3. The number of halogens is 3. The van der Waals surface area contributed by atoms with Gasteiger partial charge in [0.05, 0.1) is 19.6 Å². The van der Waals surface area contributed by atoms with Gasteiger partial charge in [0, 0.05) is 0 Å². The van der Waals surface area contributed by atoms with E-state index in [1.54, 1.807) is 12.1 Å². The van der Waals surface area contributed by atoms with E-state index >= 15 is 0 Å². The summed E-state index contributed by atoms with van der Waals surface area (Å²) in [5.74, 6) is 1.32. The smallest absolute Gasteiger partial charge is 0.401 e. The molecule has 0 aromatic carbocycles. The molecule has 0 atom stereocenters. The van der Waals surface area contributed by atoms with Crippen molar-refractivity contribution in [2.45, 2.75) is 39.5 Å². The predicted molar refractivity (Wildman–Crippen MR) is 67.7 cm³/mol. The number of alkyl halides is 3. The number of hydrogen-bond acceptors (Lipinski definition) is 3. The number of nitrogens with one attached hydrogen (secondary N) is 1. The molecular weight excluding hydrogens is 257 g/mol. The highest BCUT2D eigenvalue weighted by Gasteiger charge is 2.30. The third-order valence-electron chi connectivity index (χ3n) is 2.59. The molecule has 0 unspecified atom stereocenters. The molecule has 0 aliphatic heterocycles. The van der Waals surface area contributed by atoms with Crippen LogP contribution in [0.25, 0.3) is 0 Å². The minimum atomic E-state index is -4.17.